The average Bonchev–Trinajstić information content (AvgIpc) is 2.70. The molecule has 0 heterocycles. The third-order valence-corrected chi connectivity index (χ3v) is 6.08. The van der Waals surface area contributed by atoms with E-state index in [9.17, 15) is 18.3 Å². The summed E-state index contributed by atoms with van der Waals surface area (Å²) in [5.41, 5.74) is -0.268. The minimum Gasteiger partial charge on any atom is -0.493 e. The van der Waals surface area contributed by atoms with Crippen LogP contribution in [0.25, 0.3) is 0 Å². The van der Waals surface area contributed by atoms with Crippen molar-refractivity contribution in [2.45, 2.75) is 102 Å². The van der Waals surface area contributed by atoms with Crippen LogP contribution in [0.15, 0.2) is 23.1 Å². The fourth-order valence-electron chi connectivity index (χ4n) is 3.44. The Kier molecular flexibility index (Phi) is 13.4. The lowest BCUT2D eigenvalue weighted by molar-refractivity contribution is 0.0692. The van der Waals surface area contributed by atoms with E-state index >= 15 is 0 Å². The molecule has 0 atom stereocenters. The van der Waals surface area contributed by atoms with Crippen molar-refractivity contribution in [1.29, 1.82) is 0 Å². The number of benzene rings is 1. The van der Waals surface area contributed by atoms with Crippen molar-refractivity contribution < 1.29 is 27.6 Å². The molecule has 0 radical (unpaired) electrons. The highest BCUT2D eigenvalue weighted by Gasteiger charge is 2.17. The molecular formula is C23H38O6S. The smallest absolute Gasteiger partial charge is 0.339 e. The van der Waals surface area contributed by atoms with Gasteiger partial charge in [0, 0.05) is 0 Å². The fourth-order valence-corrected chi connectivity index (χ4v) is 3.95. The molecule has 1 aromatic rings. The van der Waals surface area contributed by atoms with Crippen molar-refractivity contribution in [2.24, 2.45) is 0 Å². The predicted octanol–water partition coefficient (Wildman–Crippen LogP) is 6.49. The van der Waals surface area contributed by atoms with Gasteiger partial charge in [0.2, 0.25) is 0 Å². The van der Waals surface area contributed by atoms with Gasteiger partial charge in [-0.15, -0.1) is 0 Å². The second-order valence-corrected chi connectivity index (χ2v) is 9.30. The van der Waals surface area contributed by atoms with Crippen molar-refractivity contribution >= 4 is 16.1 Å². The minimum atomic E-state index is -4.45. The van der Waals surface area contributed by atoms with Gasteiger partial charge < -0.3 is 9.84 Å². The zero-order valence-electron chi connectivity index (χ0n) is 18.3. The molecule has 172 valence electrons. The van der Waals surface area contributed by atoms with Gasteiger partial charge in [0.25, 0.3) is 10.1 Å². The Labute approximate surface area is 181 Å². The minimum absolute atomic E-state index is 0.115. The van der Waals surface area contributed by atoms with Crippen LogP contribution in [0, 0.1) is 0 Å². The second-order valence-electron chi connectivity index (χ2n) is 7.88. The Morgan fingerprint density at radius 2 is 1.30 bits per heavy atom. The number of ether oxygens (including phenoxy) is 1. The molecule has 0 amide bonds. The van der Waals surface area contributed by atoms with Crippen LogP contribution >= 0.6 is 0 Å². The molecule has 0 aliphatic rings. The number of hydrogen-bond acceptors (Lipinski definition) is 4. The molecule has 0 saturated carbocycles. The molecule has 1 rings (SSSR count). The summed E-state index contributed by atoms with van der Waals surface area (Å²) in [5.74, 6) is -1.18. The standard InChI is InChI=1S/C23H38O6S/c1-2-3-4-5-6-7-8-9-10-11-12-13-14-15-18-29-22-17-16-20(30(26,27)28)19-21(22)23(24)25/h16-17,19H,2-15,18H2,1H3,(H,24,25)(H,26,27,28). The molecule has 0 unspecified atom stereocenters. The molecule has 7 heteroatoms. The molecule has 30 heavy (non-hydrogen) atoms. The molecule has 0 aliphatic heterocycles. The van der Waals surface area contributed by atoms with E-state index < -0.39 is 21.0 Å². The van der Waals surface area contributed by atoms with Gasteiger partial charge in [-0.05, 0) is 24.6 Å². The van der Waals surface area contributed by atoms with E-state index in [0.717, 1.165) is 31.4 Å². The van der Waals surface area contributed by atoms with Gasteiger partial charge in [0.1, 0.15) is 11.3 Å². The topological polar surface area (TPSA) is 101 Å². The summed E-state index contributed by atoms with van der Waals surface area (Å²) < 4.78 is 36.9. The van der Waals surface area contributed by atoms with Crippen LogP contribution in [0.5, 0.6) is 5.75 Å². The van der Waals surface area contributed by atoms with E-state index in [-0.39, 0.29) is 11.3 Å². The summed E-state index contributed by atoms with van der Waals surface area (Å²) >= 11 is 0. The molecule has 0 aliphatic carbocycles. The Hall–Kier alpha value is -1.60. The number of carbonyl (C=O) groups is 1. The molecule has 0 fully saturated rings. The van der Waals surface area contributed by atoms with Crippen molar-refractivity contribution in [1.82, 2.24) is 0 Å². The second kappa shape index (κ2) is 15.2. The highest BCUT2D eigenvalue weighted by atomic mass is 32.2. The average molecular weight is 443 g/mol. The van der Waals surface area contributed by atoms with E-state index in [1.807, 2.05) is 0 Å². The van der Waals surface area contributed by atoms with Crippen molar-refractivity contribution in [3.8, 4) is 5.75 Å². The van der Waals surface area contributed by atoms with Gasteiger partial charge in [-0.1, -0.05) is 90.4 Å². The number of aromatic carboxylic acids is 1. The predicted molar refractivity (Wildman–Crippen MR) is 119 cm³/mol. The Morgan fingerprint density at radius 3 is 1.73 bits per heavy atom. The molecule has 0 spiro atoms. The van der Waals surface area contributed by atoms with E-state index in [0.29, 0.717) is 6.61 Å². The molecule has 0 bridgehead atoms. The lowest BCUT2D eigenvalue weighted by Crippen LogP contribution is -2.07. The summed E-state index contributed by atoms with van der Waals surface area (Å²) in [7, 11) is -4.45. The monoisotopic (exact) mass is 442 g/mol. The SMILES string of the molecule is CCCCCCCCCCCCCCCCOc1ccc(S(=O)(=O)O)cc1C(=O)O. The van der Waals surface area contributed by atoms with Gasteiger partial charge >= 0.3 is 5.97 Å². The van der Waals surface area contributed by atoms with Gasteiger partial charge in [0.05, 0.1) is 11.5 Å². The maximum Gasteiger partial charge on any atom is 0.339 e. The Balaban J connectivity index is 2.10. The highest BCUT2D eigenvalue weighted by Crippen LogP contribution is 2.23. The fraction of sp³-hybridized carbons (Fsp3) is 0.696. The summed E-state index contributed by atoms with van der Waals surface area (Å²) in [6.07, 6.45) is 17.6. The van der Waals surface area contributed by atoms with Crippen LogP contribution < -0.4 is 4.74 Å². The first-order valence-electron chi connectivity index (χ1n) is 11.3. The van der Waals surface area contributed by atoms with Crippen molar-refractivity contribution in [2.75, 3.05) is 6.61 Å². The number of carboxylic acids is 1. The van der Waals surface area contributed by atoms with E-state index in [1.54, 1.807) is 0 Å². The van der Waals surface area contributed by atoms with Gasteiger partial charge in [-0.2, -0.15) is 8.42 Å². The number of hydrogen-bond donors (Lipinski definition) is 2. The number of carboxylic acid groups (broad SMARTS) is 1. The largest absolute Gasteiger partial charge is 0.493 e. The molecule has 6 nitrogen and oxygen atoms in total. The molecule has 0 aromatic heterocycles. The third-order valence-electron chi connectivity index (χ3n) is 5.23. The van der Waals surface area contributed by atoms with Gasteiger partial charge in [-0.25, -0.2) is 4.79 Å². The lowest BCUT2D eigenvalue weighted by atomic mass is 10.0. The van der Waals surface area contributed by atoms with Crippen LogP contribution in [-0.2, 0) is 10.1 Å². The first kappa shape index (κ1) is 26.4. The van der Waals surface area contributed by atoms with E-state index in [1.165, 1.54) is 76.7 Å². The number of rotatable bonds is 18. The van der Waals surface area contributed by atoms with Gasteiger partial charge in [0.15, 0.2) is 0 Å². The molecular weight excluding hydrogens is 404 g/mol. The highest BCUT2D eigenvalue weighted by molar-refractivity contribution is 7.85. The van der Waals surface area contributed by atoms with Crippen LogP contribution in [0.4, 0.5) is 0 Å². The summed E-state index contributed by atoms with van der Waals surface area (Å²) in [6, 6.07) is 3.33. The molecule has 2 N–H and O–H groups in total. The lowest BCUT2D eigenvalue weighted by Gasteiger charge is -2.10. The summed E-state index contributed by atoms with van der Waals surface area (Å²) in [6.45, 7) is 2.62. The normalized spacial score (nSPS) is 11.5. The maximum absolute atomic E-state index is 11.3. The van der Waals surface area contributed by atoms with Gasteiger partial charge in [-0.3, -0.25) is 4.55 Å². The van der Waals surface area contributed by atoms with Crippen LogP contribution in [0.3, 0.4) is 0 Å². The Morgan fingerprint density at radius 1 is 0.833 bits per heavy atom. The van der Waals surface area contributed by atoms with Crippen molar-refractivity contribution in [3.63, 3.8) is 0 Å². The first-order valence-corrected chi connectivity index (χ1v) is 12.8. The van der Waals surface area contributed by atoms with Crippen LogP contribution in [0.1, 0.15) is 107 Å². The van der Waals surface area contributed by atoms with Crippen molar-refractivity contribution in [3.05, 3.63) is 23.8 Å². The summed E-state index contributed by atoms with van der Waals surface area (Å²) in [5, 5.41) is 9.22. The maximum atomic E-state index is 11.3. The quantitative estimate of drug-likeness (QED) is 0.199. The Bertz CT molecular complexity index is 714. The summed E-state index contributed by atoms with van der Waals surface area (Å²) in [4.78, 5) is 10.8. The zero-order chi connectivity index (χ0) is 22.2. The zero-order valence-corrected chi connectivity index (χ0v) is 19.1. The van der Waals surface area contributed by atoms with Crippen LogP contribution in [-0.4, -0.2) is 30.7 Å². The molecule has 1 aromatic carbocycles. The van der Waals surface area contributed by atoms with Crippen LogP contribution in [0.2, 0.25) is 0 Å². The first-order chi connectivity index (χ1) is 14.4. The third kappa shape index (κ3) is 11.6. The van der Waals surface area contributed by atoms with E-state index in [2.05, 4.69) is 6.92 Å². The van der Waals surface area contributed by atoms with E-state index in [4.69, 9.17) is 9.29 Å². The number of unbranched alkanes of at least 4 members (excludes halogenated alkanes) is 13. The molecule has 0 saturated heterocycles.